The molecule has 0 spiro atoms. The van der Waals surface area contributed by atoms with Gasteiger partial charge in [0.2, 0.25) is 0 Å². The number of carboxylic acid groups (broad SMARTS) is 1. The Morgan fingerprint density at radius 2 is 1.62 bits per heavy atom. The van der Waals surface area contributed by atoms with E-state index in [-0.39, 0.29) is 0 Å². The third kappa shape index (κ3) is 4.65. The van der Waals surface area contributed by atoms with E-state index in [1.54, 1.807) is 0 Å². The van der Waals surface area contributed by atoms with Crippen molar-refractivity contribution >= 4 is 16.4 Å². The van der Waals surface area contributed by atoms with Gasteiger partial charge in [-0.1, -0.05) is 0 Å². The largest absolute Gasteiger partial charge is 0.479 e. The van der Waals surface area contributed by atoms with E-state index in [1.165, 1.54) is 0 Å². The Kier molecular flexibility index (Phi) is 6.52. The fourth-order valence-electron chi connectivity index (χ4n) is 2.48. The molecule has 26 heavy (non-hydrogen) atoms. The van der Waals surface area contributed by atoms with Crippen molar-refractivity contribution < 1.29 is 66.8 Å². The van der Waals surface area contributed by atoms with Crippen molar-refractivity contribution in [2.24, 2.45) is 0 Å². The maximum Gasteiger partial charge on any atom is 0.397 e. The molecule has 15 heteroatoms. The van der Waals surface area contributed by atoms with E-state index >= 15 is 0 Å². The molecule has 152 valence electrons. The number of hydrogen-bond donors (Lipinski definition) is 7. The van der Waals surface area contributed by atoms with Crippen molar-refractivity contribution in [1.29, 1.82) is 0 Å². The van der Waals surface area contributed by atoms with Crippen LogP contribution in [0.2, 0.25) is 0 Å². The zero-order chi connectivity index (χ0) is 19.8. The van der Waals surface area contributed by atoms with Gasteiger partial charge in [-0.25, -0.2) is 8.98 Å². The van der Waals surface area contributed by atoms with Crippen LogP contribution in [0.15, 0.2) is 0 Å². The molecule has 0 aromatic rings. The van der Waals surface area contributed by atoms with Gasteiger partial charge in [-0.3, -0.25) is 4.55 Å². The predicted molar refractivity (Wildman–Crippen MR) is 73.6 cm³/mol. The van der Waals surface area contributed by atoms with Crippen LogP contribution in [0.3, 0.4) is 0 Å². The lowest BCUT2D eigenvalue weighted by Gasteiger charge is -2.43. The molecule has 2 fully saturated rings. The first-order chi connectivity index (χ1) is 11.9. The molecule has 0 aliphatic carbocycles. The Hall–Kier alpha value is -0.980. The number of aliphatic carboxylic acids is 1. The van der Waals surface area contributed by atoms with Gasteiger partial charge in [0, 0.05) is 0 Å². The summed E-state index contributed by atoms with van der Waals surface area (Å²) in [4.78, 5) is 11.1. The van der Waals surface area contributed by atoms with Crippen LogP contribution in [-0.4, -0.2) is 111 Å². The Morgan fingerprint density at radius 1 is 1.00 bits per heavy atom. The van der Waals surface area contributed by atoms with Crippen LogP contribution in [0.5, 0.6) is 0 Å². The van der Waals surface area contributed by atoms with Crippen molar-refractivity contribution in [3.63, 3.8) is 0 Å². The van der Waals surface area contributed by atoms with Crippen LogP contribution in [0.25, 0.3) is 0 Å². The van der Waals surface area contributed by atoms with Crippen molar-refractivity contribution in [1.82, 2.24) is 0 Å². The molecule has 9 atom stereocenters. The molecule has 7 N–H and O–H groups in total. The highest BCUT2D eigenvalue weighted by Gasteiger charge is 2.52. The first kappa shape index (κ1) is 21.3. The van der Waals surface area contributed by atoms with Crippen LogP contribution < -0.4 is 0 Å². The van der Waals surface area contributed by atoms with Crippen LogP contribution >= 0.6 is 0 Å². The molecule has 2 aliphatic heterocycles. The van der Waals surface area contributed by atoms with Gasteiger partial charge >= 0.3 is 16.4 Å². The average molecular weight is 406 g/mol. The zero-order valence-electron chi connectivity index (χ0n) is 12.8. The number of ether oxygens (including phenoxy) is 3. The van der Waals surface area contributed by atoms with Gasteiger partial charge in [0.1, 0.15) is 36.6 Å². The number of carbonyl (C=O) groups is 1. The van der Waals surface area contributed by atoms with Gasteiger partial charge in [-0.2, -0.15) is 8.42 Å². The fourth-order valence-corrected chi connectivity index (χ4v) is 2.99. The summed E-state index contributed by atoms with van der Waals surface area (Å²) in [6.07, 6.45) is -17.3. The van der Waals surface area contributed by atoms with E-state index in [2.05, 4.69) is 4.18 Å². The first-order valence-corrected chi connectivity index (χ1v) is 8.50. The molecule has 2 heterocycles. The molecule has 14 nitrogen and oxygen atoms in total. The molecule has 0 saturated carbocycles. The summed E-state index contributed by atoms with van der Waals surface area (Å²) < 4.78 is 49.2. The summed E-state index contributed by atoms with van der Waals surface area (Å²) >= 11 is 0. The van der Waals surface area contributed by atoms with Crippen molar-refractivity contribution in [2.75, 3.05) is 6.61 Å². The van der Waals surface area contributed by atoms with Gasteiger partial charge in [-0.15, -0.1) is 0 Å². The smallest absolute Gasteiger partial charge is 0.397 e. The molecular weight excluding hydrogens is 388 g/mol. The molecule has 1 unspecified atom stereocenters. The monoisotopic (exact) mass is 406 g/mol. The van der Waals surface area contributed by atoms with E-state index < -0.39 is 78.3 Å². The predicted octanol–water partition coefficient (Wildman–Crippen LogP) is -4.84. The molecular formula is C11H18O14S. The van der Waals surface area contributed by atoms with Crippen molar-refractivity contribution in [3.8, 4) is 0 Å². The lowest BCUT2D eigenvalue weighted by Crippen LogP contribution is -2.63. The fraction of sp³-hybridized carbons (Fsp3) is 0.909. The normalized spacial score (nSPS) is 44.6. The minimum atomic E-state index is -5.19. The van der Waals surface area contributed by atoms with Crippen molar-refractivity contribution in [3.05, 3.63) is 0 Å². The number of carboxylic acids is 1. The maximum atomic E-state index is 11.1. The Bertz CT molecular complexity index is 608. The summed E-state index contributed by atoms with van der Waals surface area (Å²) in [5.41, 5.74) is 0. The molecule has 2 aliphatic rings. The number of rotatable bonds is 5. The molecule has 2 saturated heterocycles. The van der Waals surface area contributed by atoms with Crippen LogP contribution in [0.1, 0.15) is 0 Å². The second kappa shape index (κ2) is 7.95. The third-order valence-electron chi connectivity index (χ3n) is 3.78. The summed E-state index contributed by atoms with van der Waals surface area (Å²) in [6, 6.07) is 0. The highest BCUT2D eigenvalue weighted by atomic mass is 32.3. The highest BCUT2D eigenvalue weighted by molar-refractivity contribution is 7.80. The molecule has 0 bridgehead atoms. The minimum absolute atomic E-state index is 0.504. The molecule has 0 amide bonds. The van der Waals surface area contributed by atoms with Gasteiger partial charge in [-0.05, 0) is 0 Å². The maximum absolute atomic E-state index is 11.1. The van der Waals surface area contributed by atoms with Crippen LogP contribution in [-0.2, 0) is 33.6 Å². The van der Waals surface area contributed by atoms with Crippen LogP contribution in [0.4, 0.5) is 0 Å². The topological polar surface area (TPSA) is 230 Å². The summed E-state index contributed by atoms with van der Waals surface area (Å²) in [7, 11) is -5.19. The second-order valence-electron chi connectivity index (χ2n) is 5.61. The van der Waals surface area contributed by atoms with E-state index in [1.807, 2.05) is 0 Å². The minimum Gasteiger partial charge on any atom is -0.479 e. The lowest BCUT2D eigenvalue weighted by molar-refractivity contribution is -0.333. The first-order valence-electron chi connectivity index (χ1n) is 7.13. The lowest BCUT2D eigenvalue weighted by atomic mass is 9.98. The van der Waals surface area contributed by atoms with Crippen LogP contribution in [0, 0.1) is 0 Å². The quantitative estimate of drug-likeness (QED) is 0.212. The van der Waals surface area contributed by atoms with E-state index in [9.17, 15) is 38.7 Å². The Morgan fingerprint density at radius 3 is 2.15 bits per heavy atom. The number of hydrogen-bond acceptors (Lipinski definition) is 12. The van der Waals surface area contributed by atoms with E-state index in [0.29, 0.717) is 0 Å². The zero-order valence-corrected chi connectivity index (χ0v) is 13.6. The van der Waals surface area contributed by atoms with Gasteiger partial charge in [0.05, 0.1) is 6.61 Å². The summed E-state index contributed by atoms with van der Waals surface area (Å²) in [5.74, 6) is -1.77. The van der Waals surface area contributed by atoms with E-state index in [0.717, 1.165) is 0 Å². The van der Waals surface area contributed by atoms with Gasteiger partial charge < -0.3 is 44.8 Å². The highest BCUT2D eigenvalue weighted by Crippen LogP contribution is 2.28. The van der Waals surface area contributed by atoms with Crippen molar-refractivity contribution in [2.45, 2.75) is 55.3 Å². The molecule has 0 aromatic carbocycles. The molecule has 0 radical (unpaired) electrons. The summed E-state index contributed by atoms with van der Waals surface area (Å²) in [5, 5.41) is 57.5. The standard InChI is InChI=1S/C11H18O14S/c12-3-2(1-22-10(18)4(3)13)23-11-6(15)7(25-26(19,20)21)5(14)8(24-11)9(16)17/h2-8,10-15,18H,1H2,(H,16,17)(H,19,20,21)/t2-,3+,4-,5+,6-,7+,8+,10?,11-/m1/s1. The number of aliphatic hydroxyl groups excluding tert-OH is 5. The summed E-state index contributed by atoms with van der Waals surface area (Å²) in [6.45, 7) is -0.504. The number of aliphatic hydroxyl groups is 5. The Balaban J connectivity index is 2.19. The second-order valence-corrected chi connectivity index (χ2v) is 6.66. The molecule has 0 aromatic heterocycles. The van der Waals surface area contributed by atoms with E-state index in [4.69, 9.17) is 23.9 Å². The average Bonchev–Trinajstić information content (AvgIpc) is 2.53. The Labute approximate surface area is 146 Å². The van der Waals surface area contributed by atoms with Gasteiger partial charge in [0.15, 0.2) is 18.7 Å². The third-order valence-corrected chi connectivity index (χ3v) is 4.25. The van der Waals surface area contributed by atoms with Gasteiger partial charge in [0.25, 0.3) is 0 Å². The SMILES string of the molecule is O=C(O)[C@H]1O[C@@H](O[C@@H]2COC(O)[C@H](O)[C@H]2O)[C@H](O)[C@@H](OS(=O)(=O)O)[C@@H]1O. The molecule has 2 rings (SSSR count).